The van der Waals surface area contributed by atoms with Crippen molar-refractivity contribution in [3.63, 3.8) is 0 Å². The maximum atomic E-state index is 13.4. The molecule has 1 aromatic carbocycles. The van der Waals surface area contributed by atoms with Gasteiger partial charge in [0.1, 0.15) is 11.6 Å². The van der Waals surface area contributed by atoms with Crippen LogP contribution in [0.25, 0.3) is 0 Å². The van der Waals surface area contributed by atoms with E-state index >= 15 is 0 Å². The van der Waals surface area contributed by atoms with Crippen LogP contribution in [0, 0.1) is 17.0 Å². The molecule has 76 valence electrons. The second kappa shape index (κ2) is 2.76. The Balaban J connectivity index is 2.39. The summed E-state index contributed by atoms with van der Waals surface area (Å²) in [5, 5.41) is 0. The molecule has 0 radical (unpaired) electrons. The fraction of sp³-hybridized carbons (Fsp3) is 0.455. The van der Waals surface area contributed by atoms with Gasteiger partial charge in [0.25, 0.3) is 0 Å². The van der Waals surface area contributed by atoms with Crippen molar-refractivity contribution in [1.29, 1.82) is 0 Å². The molecule has 0 bridgehead atoms. The van der Waals surface area contributed by atoms with E-state index in [0.29, 0.717) is 5.56 Å². The largest absolute Gasteiger partial charge is 0.327 e. The van der Waals surface area contributed by atoms with Gasteiger partial charge >= 0.3 is 0 Å². The minimum absolute atomic E-state index is 0.0572. The minimum atomic E-state index is -0.406. The van der Waals surface area contributed by atoms with Gasteiger partial charge in [-0.25, -0.2) is 8.78 Å². The third-order valence-corrected chi connectivity index (χ3v) is 3.20. The Bertz CT molecular complexity index is 374. The van der Waals surface area contributed by atoms with Crippen LogP contribution in [0.3, 0.4) is 0 Å². The summed E-state index contributed by atoms with van der Waals surface area (Å²) in [6, 6.07) is 3.46. The second-order valence-corrected chi connectivity index (χ2v) is 4.49. The van der Waals surface area contributed by atoms with Gasteiger partial charge in [-0.15, -0.1) is 0 Å². The van der Waals surface area contributed by atoms with Crippen LogP contribution in [-0.4, -0.2) is 6.04 Å². The van der Waals surface area contributed by atoms with Gasteiger partial charge in [-0.3, -0.25) is 0 Å². The summed E-state index contributed by atoms with van der Waals surface area (Å²) in [6.45, 7) is 3.93. The number of hydrogen-bond acceptors (Lipinski definition) is 1. The smallest absolute Gasteiger partial charge is 0.126 e. The molecular formula is C11H13F2N. The van der Waals surface area contributed by atoms with Gasteiger partial charge in [0.15, 0.2) is 0 Å². The van der Waals surface area contributed by atoms with Gasteiger partial charge in [0, 0.05) is 12.0 Å². The molecule has 1 aliphatic rings. The Hall–Kier alpha value is -0.960. The van der Waals surface area contributed by atoms with E-state index in [4.69, 9.17) is 5.73 Å². The van der Waals surface area contributed by atoms with Crippen molar-refractivity contribution in [2.45, 2.75) is 25.8 Å². The maximum Gasteiger partial charge on any atom is 0.126 e. The van der Waals surface area contributed by atoms with E-state index in [1.165, 1.54) is 6.07 Å². The molecule has 1 aliphatic carbocycles. The average Bonchev–Trinajstić information content (AvgIpc) is 2.58. The first-order valence-electron chi connectivity index (χ1n) is 4.65. The second-order valence-electron chi connectivity index (χ2n) is 4.49. The van der Waals surface area contributed by atoms with Crippen molar-refractivity contribution in [2.75, 3.05) is 0 Å². The molecular weight excluding hydrogens is 184 g/mol. The Morgan fingerprint density at radius 3 is 2.36 bits per heavy atom. The third kappa shape index (κ3) is 1.23. The zero-order valence-corrected chi connectivity index (χ0v) is 8.22. The molecule has 0 heterocycles. The molecule has 3 heteroatoms. The molecule has 0 amide bonds. The van der Waals surface area contributed by atoms with E-state index in [2.05, 4.69) is 0 Å². The number of hydrogen-bond donors (Lipinski definition) is 1. The first-order valence-corrected chi connectivity index (χ1v) is 4.65. The molecule has 14 heavy (non-hydrogen) atoms. The van der Waals surface area contributed by atoms with Gasteiger partial charge in [-0.1, -0.05) is 13.8 Å². The van der Waals surface area contributed by atoms with Crippen LogP contribution < -0.4 is 5.73 Å². The maximum absolute atomic E-state index is 13.4. The lowest BCUT2D eigenvalue weighted by atomic mass is 10.0. The number of nitrogens with two attached hydrogens (primary N) is 1. The predicted octanol–water partition coefficient (Wildman–Crippen LogP) is 2.42. The third-order valence-electron chi connectivity index (χ3n) is 3.20. The average molecular weight is 197 g/mol. The van der Waals surface area contributed by atoms with Crippen LogP contribution >= 0.6 is 0 Å². The molecule has 2 rings (SSSR count). The van der Waals surface area contributed by atoms with Gasteiger partial charge in [0.05, 0.1) is 0 Å². The molecule has 0 aliphatic heterocycles. The van der Waals surface area contributed by atoms with Crippen LogP contribution in [0.15, 0.2) is 18.2 Å². The molecule has 2 N–H and O–H groups in total. The molecule has 1 saturated carbocycles. The quantitative estimate of drug-likeness (QED) is 0.735. The summed E-state index contributed by atoms with van der Waals surface area (Å²) < 4.78 is 26.3. The summed E-state index contributed by atoms with van der Waals surface area (Å²) in [6.07, 6.45) is 0. The molecule has 1 nitrogen and oxygen atoms in total. The molecule has 1 fully saturated rings. The Labute approximate surface area is 81.9 Å². The van der Waals surface area contributed by atoms with E-state index in [9.17, 15) is 8.78 Å². The van der Waals surface area contributed by atoms with E-state index in [0.717, 1.165) is 12.1 Å². The number of benzene rings is 1. The number of rotatable bonds is 1. The molecule has 0 spiro atoms. The molecule has 1 aromatic rings. The van der Waals surface area contributed by atoms with Crippen molar-refractivity contribution in [3.8, 4) is 0 Å². The lowest BCUT2D eigenvalue weighted by Gasteiger charge is -2.04. The molecule has 2 unspecified atom stereocenters. The standard InChI is InChI=1S/C11H13F2N/c1-11(2)9(10(11)14)7-5-6(12)3-4-8(7)13/h3-5,9-10H,14H2,1-2H3. The van der Waals surface area contributed by atoms with Gasteiger partial charge < -0.3 is 5.73 Å². The van der Waals surface area contributed by atoms with Crippen molar-refractivity contribution >= 4 is 0 Å². The Morgan fingerprint density at radius 1 is 1.29 bits per heavy atom. The van der Waals surface area contributed by atoms with Crippen LogP contribution in [0.2, 0.25) is 0 Å². The van der Waals surface area contributed by atoms with Crippen molar-refractivity contribution < 1.29 is 8.78 Å². The highest BCUT2D eigenvalue weighted by atomic mass is 19.1. The van der Waals surface area contributed by atoms with Crippen LogP contribution in [-0.2, 0) is 0 Å². The monoisotopic (exact) mass is 197 g/mol. The highest BCUT2D eigenvalue weighted by Crippen LogP contribution is 2.57. The zero-order valence-electron chi connectivity index (χ0n) is 8.22. The molecule has 2 atom stereocenters. The minimum Gasteiger partial charge on any atom is -0.327 e. The van der Waals surface area contributed by atoms with Crippen LogP contribution in [0.4, 0.5) is 8.78 Å². The van der Waals surface area contributed by atoms with E-state index in [1.54, 1.807) is 0 Å². The van der Waals surface area contributed by atoms with Gasteiger partial charge in [0.2, 0.25) is 0 Å². The fourth-order valence-corrected chi connectivity index (χ4v) is 2.02. The lowest BCUT2D eigenvalue weighted by Crippen LogP contribution is -2.06. The first kappa shape index (κ1) is 9.59. The van der Waals surface area contributed by atoms with E-state index in [1.807, 2.05) is 13.8 Å². The van der Waals surface area contributed by atoms with E-state index in [-0.39, 0.29) is 23.2 Å². The van der Waals surface area contributed by atoms with Gasteiger partial charge in [-0.05, 0) is 29.2 Å². The summed E-state index contributed by atoms with van der Waals surface area (Å²) >= 11 is 0. The summed E-state index contributed by atoms with van der Waals surface area (Å²) in [4.78, 5) is 0. The molecule has 0 saturated heterocycles. The molecule has 0 aromatic heterocycles. The topological polar surface area (TPSA) is 26.0 Å². The highest BCUT2D eigenvalue weighted by molar-refractivity contribution is 5.35. The highest BCUT2D eigenvalue weighted by Gasteiger charge is 2.57. The van der Waals surface area contributed by atoms with Crippen LogP contribution in [0.5, 0.6) is 0 Å². The van der Waals surface area contributed by atoms with E-state index < -0.39 is 5.82 Å². The van der Waals surface area contributed by atoms with Crippen molar-refractivity contribution in [2.24, 2.45) is 11.1 Å². The predicted molar refractivity (Wildman–Crippen MR) is 50.9 cm³/mol. The Morgan fingerprint density at radius 2 is 1.86 bits per heavy atom. The van der Waals surface area contributed by atoms with Gasteiger partial charge in [-0.2, -0.15) is 0 Å². The normalized spacial score (nSPS) is 28.9. The lowest BCUT2D eigenvalue weighted by molar-refractivity contribution is 0.559. The fourth-order valence-electron chi connectivity index (χ4n) is 2.02. The summed E-state index contributed by atoms with van der Waals surface area (Å²) in [7, 11) is 0. The van der Waals surface area contributed by atoms with Crippen LogP contribution in [0.1, 0.15) is 25.3 Å². The number of halogens is 2. The Kier molecular flexibility index (Phi) is 1.89. The summed E-state index contributed by atoms with van der Waals surface area (Å²) in [5.41, 5.74) is 6.09. The summed E-state index contributed by atoms with van der Waals surface area (Å²) in [5.74, 6) is -0.827. The zero-order chi connectivity index (χ0) is 10.5. The SMILES string of the molecule is CC1(C)C(N)C1c1cc(F)ccc1F. The van der Waals surface area contributed by atoms with Crippen molar-refractivity contribution in [3.05, 3.63) is 35.4 Å². The van der Waals surface area contributed by atoms with Crippen molar-refractivity contribution in [1.82, 2.24) is 0 Å². The first-order chi connectivity index (χ1) is 6.44.